The first kappa shape index (κ1) is 20.2. The number of amides is 1. The zero-order chi connectivity index (χ0) is 21.8. The van der Waals surface area contributed by atoms with Crippen LogP contribution < -0.4 is 10.1 Å². The number of rotatable bonds is 6. The molecule has 1 aromatic heterocycles. The molecule has 0 saturated heterocycles. The summed E-state index contributed by atoms with van der Waals surface area (Å²) in [4.78, 5) is 24.7. The highest BCUT2D eigenvalue weighted by atomic mass is 16.5. The molecule has 0 radical (unpaired) electrons. The average Bonchev–Trinajstić information content (AvgIpc) is 3.15. The SMILES string of the molecule is COc1cc2c(cc1NC(=O)[C@H](C)OC(=O)/C=C/c1ccccc1)oc1ccccc12. The van der Waals surface area contributed by atoms with Gasteiger partial charge in [-0.3, -0.25) is 4.79 Å². The predicted molar refractivity (Wildman–Crippen MR) is 120 cm³/mol. The van der Waals surface area contributed by atoms with Gasteiger partial charge in [0.05, 0.1) is 12.8 Å². The van der Waals surface area contributed by atoms with Crippen molar-refractivity contribution >= 4 is 45.6 Å². The maximum atomic E-state index is 12.6. The van der Waals surface area contributed by atoms with Crippen LogP contribution in [-0.4, -0.2) is 25.1 Å². The van der Waals surface area contributed by atoms with Crippen molar-refractivity contribution in [3.63, 3.8) is 0 Å². The van der Waals surface area contributed by atoms with E-state index in [9.17, 15) is 9.59 Å². The number of carbonyl (C=O) groups is 2. The molecule has 156 valence electrons. The van der Waals surface area contributed by atoms with E-state index >= 15 is 0 Å². The van der Waals surface area contributed by atoms with E-state index in [0.717, 1.165) is 21.9 Å². The molecule has 0 unspecified atom stereocenters. The zero-order valence-corrected chi connectivity index (χ0v) is 17.1. The van der Waals surface area contributed by atoms with E-state index in [1.165, 1.54) is 20.1 Å². The monoisotopic (exact) mass is 415 g/mol. The van der Waals surface area contributed by atoms with Crippen LogP contribution in [0, 0.1) is 0 Å². The second-order valence-electron chi connectivity index (χ2n) is 6.96. The molecule has 0 saturated carbocycles. The van der Waals surface area contributed by atoms with E-state index in [-0.39, 0.29) is 0 Å². The van der Waals surface area contributed by atoms with E-state index in [1.807, 2.05) is 60.7 Å². The Hall–Kier alpha value is -4.06. The number of methoxy groups -OCH3 is 1. The van der Waals surface area contributed by atoms with E-state index in [0.29, 0.717) is 17.0 Å². The van der Waals surface area contributed by atoms with Crippen LogP contribution in [0.25, 0.3) is 28.0 Å². The minimum Gasteiger partial charge on any atom is -0.495 e. The van der Waals surface area contributed by atoms with Crippen molar-refractivity contribution in [1.29, 1.82) is 0 Å². The van der Waals surface area contributed by atoms with Gasteiger partial charge in [-0.2, -0.15) is 0 Å². The van der Waals surface area contributed by atoms with Gasteiger partial charge in [0.15, 0.2) is 6.10 Å². The summed E-state index contributed by atoms with van der Waals surface area (Å²) in [7, 11) is 1.52. The fraction of sp³-hybridized carbons (Fsp3) is 0.120. The number of para-hydroxylation sites is 1. The van der Waals surface area contributed by atoms with Gasteiger partial charge < -0.3 is 19.2 Å². The van der Waals surface area contributed by atoms with Gasteiger partial charge in [0.1, 0.15) is 16.9 Å². The Bertz CT molecular complexity index is 1270. The summed E-state index contributed by atoms with van der Waals surface area (Å²) in [5.41, 5.74) is 2.66. The summed E-state index contributed by atoms with van der Waals surface area (Å²) in [5.74, 6) is -0.601. The molecule has 4 aromatic rings. The zero-order valence-electron chi connectivity index (χ0n) is 17.1. The molecule has 31 heavy (non-hydrogen) atoms. The lowest BCUT2D eigenvalue weighted by molar-refractivity contribution is -0.148. The summed E-state index contributed by atoms with van der Waals surface area (Å²) in [6, 6.07) is 20.5. The lowest BCUT2D eigenvalue weighted by atomic mass is 10.1. The van der Waals surface area contributed by atoms with Gasteiger partial charge in [-0.1, -0.05) is 48.5 Å². The second kappa shape index (κ2) is 8.75. The van der Waals surface area contributed by atoms with E-state index in [1.54, 1.807) is 12.1 Å². The molecule has 3 aromatic carbocycles. The first-order valence-electron chi connectivity index (χ1n) is 9.79. The number of carbonyl (C=O) groups excluding carboxylic acids is 2. The van der Waals surface area contributed by atoms with Crippen LogP contribution in [0.2, 0.25) is 0 Å². The predicted octanol–water partition coefficient (Wildman–Crippen LogP) is 5.18. The van der Waals surface area contributed by atoms with E-state index in [2.05, 4.69) is 5.32 Å². The molecule has 0 aliphatic rings. The molecular formula is C25H21NO5. The lowest BCUT2D eigenvalue weighted by Gasteiger charge is -2.14. The molecule has 4 rings (SSSR count). The van der Waals surface area contributed by atoms with Gasteiger partial charge in [0.2, 0.25) is 0 Å². The largest absolute Gasteiger partial charge is 0.495 e. The summed E-state index contributed by atoms with van der Waals surface area (Å²) in [5, 5.41) is 4.60. The quantitative estimate of drug-likeness (QED) is 0.347. The Kier molecular flexibility index (Phi) is 5.71. The highest BCUT2D eigenvalue weighted by molar-refractivity contribution is 6.08. The molecule has 0 bridgehead atoms. The molecular weight excluding hydrogens is 394 g/mol. The van der Waals surface area contributed by atoms with Crippen molar-refractivity contribution in [3.8, 4) is 5.75 Å². The molecule has 0 aliphatic carbocycles. The van der Waals surface area contributed by atoms with Crippen LogP contribution in [0.4, 0.5) is 5.69 Å². The summed E-state index contributed by atoms with van der Waals surface area (Å²) in [6.07, 6.45) is 1.93. The molecule has 1 amide bonds. The average molecular weight is 415 g/mol. The second-order valence-corrected chi connectivity index (χ2v) is 6.96. The Balaban J connectivity index is 1.48. The molecule has 1 heterocycles. The van der Waals surface area contributed by atoms with Gasteiger partial charge in [-0.05, 0) is 30.7 Å². The third-order valence-corrected chi connectivity index (χ3v) is 4.83. The molecule has 0 aliphatic heterocycles. The highest BCUT2D eigenvalue weighted by Crippen LogP contribution is 2.36. The van der Waals surface area contributed by atoms with Gasteiger partial charge in [0, 0.05) is 22.9 Å². The van der Waals surface area contributed by atoms with Crippen molar-refractivity contribution < 1.29 is 23.5 Å². The van der Waals surface area contributed by atoms with Crippen LogP contribution in [0.15, 0.2) is 77.2 Å². The van der Waals surface area contributed by atoms with Crippen molar-refractivity contribution in [1.82, 2.24) is 0 Å². The maximum absolute atomic E-state index is 12.6. The fourth-order valence-corrected chi connectivity index (χ4v) is 3.25. The standard InChI is InChI=1S/C25H21NO5/c1-16(30-24(27)13-12-17-8-4-3-5-9-17)25(28)26-20-15-22-19(14-23(20)29-2)18-10-6-7-11-21(18)31-22/h3-16H,1-2H3,(H,26,28)/b13-12+/t16-/m0/s1. The summed E-state index contributed by atoms with van der Waals surface area (Å²) in [6.45, 7) is 1.51. The van der Waals surface area contributed by atoms with E-state index < -0.39 is 18.0 Å². The summed E-state index contributed by atoms with van der Waals surface area (Å²) < 4.78 is 16.5. The fourth-order valence-electron chi connectivity index (χ4n) is 3.25. The van der Waals surface area contributed by atoms with Crippen LogP contribution in [0.5, 0.6) is 5.75 Å². The molecule has 0 fully saturated rings. The first-order valence-corrected chi connectivity index (χ1v) is 9.79. The number of benzene rings is 3. The number of anilines is 1. The van der Waals surface area contributed by atoms with Crippen molar-refractivity contribution in [2.24, 2.45) is 0 Å². The third kappa shape index (κ3) is 4.43. The van der Waals surface area contributed by atoms with Crippen molar-refractivity contribution in [2.45, 2.75) is 13.0 Å². The van der Waals surface area contributed by atoms with Gasteiger partial charge in [0.25, 0.3) is 5.91 Å². The Morgan fingerprint density at radius 1 is 0.968 bits per heavy atom. The number of furan rings is 1. The maximum Gasteiger partial charge on any atom is 0.331 e. The van der Waals surface area contributed by atoms with Crippen molar-refractivity contribution in [3.05, 3.63) is 78.4 Å². The number of hydrogen-bond acceptors (Lipinski definition) is 5. The number of ether oxygens (including phenoxy) is 2. The number of fused-ring (bicyclic) bond motifs is 3. The minimum absolute atomic E-state index is 0.432. The smallest absolute Gasteiger partial charge is 0.331 e. The van der Waals surface area contributed by atoms with Crippen molar-refractivity contribution in [2.75, 3.05) is 12.4 Å². The molecule has 1 atom stereocenters. The van der Waals surface area contributed by atoms with Crippen LogP contribution in [0.1, 0.15) is 12.5 Å². The van der Waals surface area contributed by atoms with E-state index in [4.69, 9.17) is 13.9 Å². The number of nitrogens with one attached hydrogen (secondary N) is 1. The lowest BCUT2D eigenvalue weighted by Crippen LogP contribution is -2.29. The number of esters is 1. The highest BCUT2D eigenvalue weighted by Gasteiger charge is 2.20. The van der Waals surface area contributed by atoms with Gasteiger partial charge in [-0.25, -0.2) is 4.79 Å². The minimum atomic E-state index is -0.996. The first-order chi connectivity index (χ1) is 15.0. The Morgan fingerprint density at radius 3 is 2.48 bits per heavy atom. The molecule has 0 spiro atoms. The Labute approximate surface area is 179 Å². The molecule has 6 nitrogen and oxygen atoms in total. The van der Waals surface area contributed by atoms with Gasteiger partial charge >= 0.3 is 5.97 Å². The number of hydrogen-bond donors (Lipinski definition) is 1. The Morgan fingerprint density at radius 2 is 1.71 bits per heavy atom. The normalized spacial score (nSPS) is 12.2. The van der Waals surface area contributed by atoms with Gasteiger partial charge in [-0.15, -0.1) is 0 Å². The van der Waals surface area contributed by atoms with Crippen LogP contribution in [0.3, 0.4) is 0 Å². The van der Waals surface area contributed by atoms with Crippen LogP contribution in [-0.2, 0) is 14.3 Å². The molecule has 6 heteroatoms. The summed E-state index contributed by atoms with van der Waals surface area (Å²) >= 11 is 0. The van der Waals surface area contributed by atoms with Crippen LogP contribution >= 0.6 is 0 Å². The molecule has 1 N–H and O–H groups in total. The topological polar surface area (TPSA) is 77.8 Å². The third-order valence-electron chi connectivity index (χ3n) is 4.83.